The monoisotopic (exact) mass is 303 g/mol. The van der Waals surface area contributed by atoms with Crippen LogP contribution in [0.3, 0.4) is 0 Å². The van der Waals surface area contributed by atoms with E-state index in [0.29, 0.717) is 0 Å². The molecule has 1 aromatic carbocycles. The van der Waals surface area contributed by atoms with Crippen LogP contribution in [0.25, 0.3) is 0 Å². The molecule has 2 N–H and O–H groups in total. The zero-order chi connectivity index (χ0) is 13.3. The average molecular weight is 304 g/mol. The minimum atomic E-state index is -0.802. The maximum Gasteiger partial charge on any atom is 0.322 e. The summed E-state index contributed by atoms with van der Waals surface area (Å²) in [6.07, 6.45) is 0. The molecule has 1 aliphatic heterocycles. The van der Waals surface area contributed by atoms with E-state index in [0.717, 1.165) is 11.3 Å². The van der Waals surface area contributed by atoms with Gasteiger partial charge in [0.05, 0.1) is 12.5 Å². The number of methoxy groups -OCH3 is 1. The molecule has 2 unspecified atom stereocenters. The van der Waals surface area contributed by atoms with Gasteiger partial charge in [0.2, 0.25) is 0 Å². The molecule has 1 aliphatic rings. The van der Waals surface area contributed by atoms with Gasteiger partial charge in [-0.25, -0.2) is 0 Å². The van der Waals surface area contributed by atoms with Crippen molar-refractivity contribution < 1.29 is 14.6 Å². The largest absolute Gasteiger partial charge is 0.497 e. The van der Waals surface area contributed by atoms with Gasteiger partial charge in [-0.2, -0.15) is 0 Å². The van der Waals surface area contributed by atoms with E-state index in [1.807, 2.05) is 38.1 Å². The van der Waals surface area contributed by atoms with Crippen molar-refractivity contribution >= 4 is 30.1 Å². The summed E-state index contributed by atoms with van der Waals surface area (Å²) in [4.78, 5) is 11.2. The molecular formula is C13H18ClNO3S. The van der Waals surface area contributed by atoms with Crippen molar-refractivity contribution in [3.63, 3.8) is 0 Å². The lowest BCUT2D eigenvalue weighted by atomic mass is 10.0. The number of carbonyl (C=O) groups is 1. The SMILES string of the molecule is COc1ccc(C2NC(C(=O)O)C(C)(C)S2)cc1.Cl. The zero-order valence-electron chi connectivity index (χ0n) is 11.0. The van der Waals surface area contributed by atoms with Gasteiger partial charge in [0.1, 0.15) is 11.8 Å². The summed E-state index contributed by atoms with van der Waals surface area (Å²) in [5, 5.41) is 12.4. The molecule has 1 saturated heterocycles. The summed E-state index contributed by atoms with van der Waals surface area (Å²) in [7, 11) is 1.63. The second-order valence-electron chi connectivity index (χ2n) is 4.81. The number of rotatable bonds is 3. The van der Waals surface area contributed by atoms with Crippen LogP contribution in [0.2, 0.25) is 0 Å². The lowest BCUT2D eigenvalue weighted by Crippen LogP contribution is -2.43. The van der Waals surface area contributed by atoms with Crippen molar-refractivity contribution in [2.24, 2.45) is 0 Å². The molecule has 0 saturated carbocycles. The number of nitrogens with one attached hydrogen (secondary N) is 1. The maximum atomic E-state index is 11.2. The summed E-state index contributed by atoms with van der Waals surface area (Å²) in [6.45, 7) is 3.90. The third kappa shape index (κ3) is 3.35. The van der Waals surface area contributed by atoms with Crippen LogP contribution >= 0.6 is 24.2 Å². The highest BCUT2D eigenvalue weighted by Gasteiger charge is 2.45. The molecule has 0 amide bonds. The Morgan fingerprint density at radius 3 is 2.37 bits per heavy atom. The van der Waals surface area contributed by atoms with Crippen LogP contribution in [-0.2, 0) is 4.79 Å². The van der Waals surface area contributed by atoms with E-state index in [2.05, 4.69) is 5.32 Å². The highest BCUT2D eigenvalue weighted by atomic mass is 35.5. The van der Waals surface area contributed by atoms with Gasteiger partial charge in [-0.05, 0) is 31.5 Å². The van der Waals surface area contributed by atoms with E-state index >= 15 is 0 Å². The molecule has 0 radical (unpaired) electrons. The van der Waals surface area contributed by atoms with Crippen LogP contribution in [0.5, 0.6) is 5.75 Å². The Balaban J connectivity index is 0.00000180. The number of aliphatic carboxylic acids is 1. The Hall–Kier alpha value is -0.910. The number of carboxylic acid groups (broad SMARTS) is 1. The van der Waals surface area contributed by atoms with Gasteiger partial charge in [0, 0.05) is 4.75 Å². The fourth-order valence-corrected chi connectivity index (χ4v) is 3.48. The van der Waals surface area contributed by atoms with E-state index in [4.69, 9.17) is 4.74 Å². The van der Waals surface area contributed by atoms with Crippen molar-refractivity contribution in [1.29, 1.82) is 0 Å². The summed E-state index contributed by atoms with van der Waals surface area (Å²) in [6, 6.07) is 7.17. The minimum absolute atomic E-state index is 0. The van der Waals surface area contributed by atoms with Crippen molar-refractivity contribution in [2.75, 3.05) is 7.11 Å². The standard InChI is InChI=1S/C13H17NO3S.ClH/c1-13(2)10(12(15)16)14-11(18-13)8-4-6-9(17-3)7-5-8;/h4-7,10-11,14H,1-3H3,(H,15,16);1H. The van der Waals surface area contributed by atoms with E-state index in [-0.39, 0.29) is 22.5 Å². The minimum Gasteiger partial charge on any atom is -0.497 e. The Morgan fingerprint density at radius 1 is 1.37 bits per heavy atom. The number of halogens is 1. The van der Waals surface area contributed by atoms with Crippen LogP contribution in [0.4, 0.5) is 0 Å². The van der Waals surface area contributed by atoms with Crippen LogP contribution in [0.15, 0.2) is 24.3 Å². The molecule has 0 bridgehead atoms. The van der Waals surface area contributed by atoms with Gasteiger partial charge < -0.3 is 9.84 Å². The third-order valence-corrected chi connectivity index (χ3v) is 4.59. The molecule has 19 heavy (non-hydrogen) atoms. The van der Waals surface area contributed by atoms with Crippen molar-refractivity contribution in [3.8, 4) is 5.75 Å². The molecule has 1 fully saturated rings. The number of benzene rings is 1. The predicted molar refractivity (Wildman–Crippen MR) is 79.2 cm³/mol. The summed E-state index contributed by atoms with van der Waals surface area (Å²) < 4.78 is 4.79. The smallest absolute Gasteiger partial charge is 0.322 e. The zero-order valence-corrected chi connectivity index (χ0v) is 12.7. The molecule has 1 aromatic rings. The van der Waals surface area contributed by atoms with E-state index < -0.39 is 12.0 Å². The van der Waals surface area contributed by atoms with Crippen LogP contribution < -0.4 is 10.1 Å². The van der Waals surface area contributed by atoms with Gasteiger partial charge in [-0.3, -0.25) is 10.1 Å². The van der Waals surface area contributed by atoms with Crippen LogP contribution in [-0.4, -0.2) is 29.0 Å². The average Bonchev–Trinajstić information content (AvgIpc) is 2.65. The third-order valence-electron chi connectivity index (χ3n) is 3.10. The molecular weight excluding hydrogens is 286 g/mol. The first-order chi connectivity index (χ1) is 8.44. The lowest BCUT2D eigenvalue weighted by Gasteiger charge is -2.20. The van der Waals surface area contributed by atoms with Gasteiger partial charge in [0.25, 0.3) is 0 Å². The van der Waals surface area contributed by atoms with E-state index in [1.165, 1.54) is 0 Å². The van der Waals surface area contributed by atoms with Crippen molar-refractivity contribution in [2.45, 2.75) is 30.0 Å². The first kappa shape index (κ1) is 16.1. The molecule has 4 nitrogen and oxygen atoms in total. The van der Waals surface area contributed by atoms with E-state index in [1.54, 1.807) is 18.9 Å². The molecule has 106 valence electrons. The number of hydrogen-bond donors (Lipinski definition) is 2. The first-order valence-corrected chi connectivity index (χ1v) is 6.62. The molecule has 0 aromatic heterocycles. The maximum absolute atomic E-state index is 11.2. The summed E-state index contributed by atoms with van der Waals surface area (Å²) in [5.41, 5.74) is 1.07. The normalized spacial score (nSPS) is 24.6. The molecule has 0 spiro atoms. The number of thioether (sulfide) groups is 1. The Bertz CT molecular complexity index is 450. The molecule has 1 heterocycles. The van der Waals surface area contributed by atoms with Crippen LogP contribution in [0.1, 0.15) is 24.8 Å². The second kappa shape index (κ2) is 6.03. The fourth-order valence-electron chi connectivity index (χ4n) is 2.07. The molecule has 6 heteroatoms. The topological polar surface area (TPSA) is 58.6 Å². The van der Waals surface area contributed by atoms with E-state index in [9.17, 15) is 9.90 Å². The number of ether oxygens (including phenoxy) is 1. The predicted octanol–water partition coefficient (Wildman–Crippen LogP) is 2.68. The number of carboxylic acids is 1. The van der Waals surface area contributed by atoms with Gasteiger partial charge in [0.15, 0.2) is 0 Å². The Morgan fingerprint density at radius 2 is 1.95 bits per heavy atom. The van der Waals surface area contributed by atoms with Crippen molar-refractivity contribution in [1.82, 2.24) is 5.32 Å². The molecule has 2 rings (SSSR count). The molecule has 0 aliphatic carbocycles. The second-order valence-corrected chi connectivity index (χ2v) is 6.57. The van der Waals surface area contributed by atoms with Gasteiger partial charge in [-0.15, -0.1) is 24.2 Å². The summed E-state index contributed by atoms with van der Waals surface area (Å²) in [5.74, 6) is -0.000645. The molecule has 2 atom stereocenters. The highest BCUT2D eigenvalue weighted by Crippen LogP contribution is 2.45. The van der Waals surface area contributed by atoms with Crippen LogP contribution in [0, 0.1) is 0 Å². The fraction of sp³-hybridized carbons (Fsp3) is 0.462. The highest BCUT2D eigenvalue weighted by molar-refractivity contribution is 8.01. The summed E-state index contributed by atoms with van der Waals surface area (Å²) >= 11 is 1.64. The quantitative estimate of drug-likeness (QED) is 0.899. The Labute approximate surface area is 123 Å². The lowest BCUT2D eigenvalue weighted by molar-refractivity contribution is -0.139. The van der Waals surface area contributed by atoms with Gasteiger partial charge in [-0.1, -0.05) is 12.1 Å². The van der Waals surface area contributed by atoms with Crippen molar-refractivity contribution in [3.05, 3.63) is 29.8 Å². The first-order valence-electron chi connectivity index (χ1n) is 5.74. The Kier molecular flexibility index (Phi) is 5.12. The number of hydrogen-bond acceptors (Lipinski definition) is 4. The van der Waals surface area contributed by atoms with Gasteiger partial charge >= 0.3 is 5.97 Å².